The van der Waals surface area contributed by atoms with Crippen LogP contribution >= 0.6 is 0 Å². The number of fused-ring (bicyclic) bond motifs is 2. The molecule has 0 N–H and O–H groups in total. The molecule has 2 atom stereocenters. The van der Waals surface area contributed by atoms with Crippen LogP contribution in [0.4, 0.5) is 35.1 Å². The van der Waals surface area contributed by atoms with Crippen molar-refractivity contribution >= 4 is 0 Å². The third-order valence-electron chi connectivity index (χ3n) is 3.59. The molecule has 0 aliphatic heterocycles. The lowest BCUT2D eigenvalue weighted by molar-refractivity contribution is -0.352. The van der Waals surface area contributed by atoms with Gasteiger partial charge in [-0.1, -0.05) is 0 Å². The lowest BCUT2D eigenvalue weighted by Gasteiger charge is -2.39. The van der Waals surface area contributed by atoms with Gasteiger partial charge in [0, 0.05) is 11.8 Å². The quantitative estimate of drug-likeness (QED) is 0.574. The molecule has 2 unspecified atom stereocenters. The second kappa shape index (κ2) is 3.14. The Hall–Kier alpha value is -0.820. The Balaban J connectivity index is 2.56. The van der Waals surface area contributed by atoms with E-state index in [0.29, 0.717) is 0 Å². The highest BCUT2D eigenvalue weighted by atomic mass is 19.4. The summed E-state index contributed by atoms with van der Waals surface area (Å²) in [5, 5.41) is 0. The first-order valence-electron chi connectivity index (χ1n) is 4.71. The van der Waals surface area contributed by atoms with Crippen molar-refractivity contribution in [2.75, 3.05) is 0 Å². The molecule has 1 fully saturated rings. The fourth-order valence-electron chi connectivity index (χ4n) is 2.76. The summed E-state index contributed by atoms with van der Waals surface area (Å²) < 4.78 is 102. The molecule has 1 saturated carbocycles. The smallest absolute Gasteiger partial charge is 0.209 e. The Morgan fingerprint density at radius 2 is 1.35 bits per heavy atom. The molecule has 2 bridgehead atoms. The topological polar surface area (TPSA) is 0 Å². The van der Waals surface area contributed by atoms with E-state index in [1.807, 2.05) is 0 Å². The maximum Gasteiger partial charge on any atom is 0.403 e. The summed E-state index contributed by atoms with van der Waals surface area (Å²) in [6.45, 7) is 0. The number of allylic oxidation sites excluding steroid dienone is 2. The van der Waals surface area contributed by atoms with Crippen molar-refractivity contribution in [2.24, 2.45) is 17.3 Å². The molecule has 0 heterocycles. The molecular formula is C9H6F8. The van der Waals surface area contributed by atoms with Gasteiger partial charge < -0.3 is 0 Å². The Labute approximate surface area is 90.3 Å². The van der Waals surface area contributed by atoms with Gasteiger partial charge in [0.25, 0.3) is 0 Å². The van der Waals surface area contributed by atoms with Gasteiger partial charge in [0.05, 0.1) is 0 Å². The van der Waals surface area contributed by atoms with Gasteiger partial charge in [0.15, 0.2) is 5.41 Å². The van der Waals surface area contributed by atoms with Crippen molar-refractivity contribution in [3.8, 4) is 0 Å². The average Bonchev–Trinajstić information content (AvgIpc) is 2.63. The number of alkyl halides is 6. The molecule has 2 rings (SSSR count). The van der Waals surface area contributed by atoms with E-state index in [-0.39, 0.29) is 0 Å². The first-order chi connectivity index (χ1) is 7.52. The van der Waals surface area contributed by atoms with E-state index in [1.54, 1.807) is 0 Å². The van der Waals surface area contributed by atoms with Crippen molar-refractivity contribution < 1.29 is 35.1 Å². The van der Waals surface area contributed by atoms with Crippen molar-refractivity contribution in [1.29, 1.82) is 0 Å². The minimum absolute atomic E-state index is 0.767. The van der Waals surface area contributed by atoms with Crippen molar-refractivity contribution in [3.63, 3.8) is 0 Å². The zero-order valence-electron chi connectivity index (χ0n) is 8.09. The summed E-state index contributed by atoms with van der Waals surface area (Å²) in [7, 11) is 0. The van der Waals surface area contributed by atoms with Crippen LogP contribution in [0.25, 0.3) is 0 Å². The maximum atomic E-state index is 13.1. The van der Waals surface area contributed by atoms with E-state index in [0.717, 1.165) is 0 Å². The lowest BCUT2D eigenvalue weighted by atomic mass is 9.73. The van der Waals surface area contributed by atoms with Gasteiger partial charge in [0.1, 0.15) is 11.7 Å². The van der Waals surface area contributed by atoms with Crippen LogP contribution in [-0.4, -0.2) is 12.4 Å². The third kappa shape index (κ3) is 1.35. The molecule has 98 valence electrons. The molecule has 8 heteroatoms. The number of hydrogen-bond acceptors (Lipinski definition) is 0. The Bertz CT molecular complexity index is 359. The van der Waals surface area contributed by atoms with Crippen LogP contribution in [0.1, 0.15) is 12.8 Å². The molecule has 0 amide bonds. The van der Waals surface area contributed by atoms with Crippen molar-refractivity contribution in [2.45, 2.75) is 25.2 Å². The SMILES string of the molecule is FC1=C(F)C2CC1CC2(C(F)(F)F)C(F)(F)F. The summed E-state index contributed by atoms with van der Waals surface area (Å²) in [5.74, 6) is -7.43. The van der Waals surface area contributed by atoms with E-state index in [9.17, 15) is 35.1 Å². The van der Waals surface area contributed by atoms with E-state index in [1.165, 1.54) is 0 Å². The van der Waals surface area contributed by atoms with Crippen LogP contribution in [0.15, 0.2) is 11.7 Å². The van der Waals surface area contributed by atoms with Gasteiger partial charge in [-0.3, -0.25) is 0 Å². The zero-order chi connectivity index (χ0) is 13.2. The van der Waals surface area contributed by atoms with Crippen LogP contribution in [0, 0.1) is 17.3 Å². The van der Waals surface area contributed by atoms with Crippen molar-refractivity contribution in [1.82, 2.24) is 0 Å². The van der Waals surface area contributed by atoms with Crippen LogP contribution < -0.4 is 0 Å². The van der Waals surface area contributed by atoms with Crippen molar-refractivity contribution in [3.05, 3.63) is 11.7 Å². The summed E-state index contributed by atoms with van der Waals surface area (Å²) in [4.78, 5) is 0. The zero-order valence-corrected chi connectivity index (χ0v) is 8.09. The molecule has 2 aliphatic rings. The van der Waals surface area contributed by atoms with E-state index in [4.69, 9.17) is 0 Å². The van der Waals surface area contributed by atoms with E-state index >= 15 is 0 Å². The minimum atomic E-state index is -5.64. The first-order valence-corrected chi connectivity index (χ1v) is 4.71. The van der Waals surface area contributed by atoms with E-state index < -0.39 is 54.1 Å². The minimum Gasteiger partial charge on any atom is -0.209 e. The van der Waals surface area contributed by atoms with Crippen LogP contribution in [0.3, 0.4) is 0 Å². The molecule has 2 aliphatic carbocycles. The molecule has 0 aromatic heterocycles. The predicted octanol–water partition coefficient (Wildman–Crippen LogP) is 4.29. The third-order valence-corrected chi connectivity index (χ3v) is 3.59. The second-order valence-electron chi connectivity index (χ2n) is 4.35. The largest absolute Gasteiger partial charge is 0.403 e. The van der Waals surface area contributed by atoms with Gasteiger partial charge in [0.2, 0.25) is 0 Å². The number of rotatable bonds is 0. The second-order valence-corrected chi connectivity index (χ2v) is 4.35. The number of halogens is 8. The number of hydrogen-bond donors (Lipinski definition) is 0. The van der Waals surface area contributed by atoms with Gasteiger partial charge in [-0.15, -0.1) is 0 Å². The molecule has 0 aromatic rings. The fraction of sp³-hybridized carbons (Fsp3) is 0.778. The standard InChI is InChI=1S/C9H6F8/c10-5-3-1-4(6(5)11)7(2-3,8(12,13)14)9(15,16)17/h3-4H,1-2H2. The summed E-state index contributed by atoms with van der Waals surface area (Å²) in [5.41, 5.74) is -4.13. The van der Waals surface area contributed by atoms with E-state index in [2.05, 4.69) is 0 Å². The lowest BCUT2D eigenvalue weighted by Crippen LogP contribution is -2.53. The predicted molar refractivity (Wildman–Crippen MR) is 40.0 cm³/mol. The summed E-state index contributed by atoms with van der Waals surface area (Å²) in [6, 6.07) is 0. The fourth-order valence-corrected chi connectivity index (χ4v) is 2.76. The van der Waals surface area contributed by atoms with Crippen LogP contribution in [0.2, 0.25) is 0 Å². The molecule has 0 aromatic carbocycles. The van der Waals surface area contributed by atoms with Crippen LogP contribution in [0.5, 0.6) is 0 Å². The van der Waals surface area contributed by atoms with Gasteiger partial charge in [-0.2, -0.15) is 26.3 Å². The Morgan fingerprint density at radius 1 is 0.882 bits per heavy atom. The normalized spacial score (nSPS) is 32.5. The maximum absolute atomic E-state index is 13.1. The first kappa shape index (κ1) is 12.6. The molecule has 17 heavy (non-hydrogen) atoms. The molecule has 0 spiro atoms. The molecular weight excluding hydrogens is 260 g/mol. The van der Waals surface area contributed by atoms with Gasteiger partial charge >= 0.3 is 12.4 Å². The Morgan fingerprint density at radius 3 is 1.65 bits per heavy atom. The highest BCUT2D eigenvalue weighted by Gasteiger charge is 2.79. The van der Waals surface area contributed by atoms with Gasteiger partial charge in [-0.05, 0) is 12.8 Å². The Kier molecular flexibility index (Phi) is 2.33. The highest BCUT2D eigenvalue weighted by molar-refractivity contribution is 5.27. The molecule has 0 nitrogen and oxygen atoms in total. The summed E-state index contributed by atoms with van der Waals surface area (Å²) in [6.07, 6.45) is -13.5. The summed E-state index contributed by atoms with van der Waals surface area (Å²) >= 11 is 0. The monoisotopic (exact) mass is 266 g/mol. The average molecular weight is 266 g/mol. The van der Waals surface area contributed by atoms with Crippen LogP contribution in [-0.2, 0) is 0 Å². The highest BCUT2D eigenvalue weighted by Crippen LogP contribution is 2.70. The van der Waals surface area contributed by atoms with Gasteiger partial charge in [-0.25, -0.2) is 8.78 Å². The molecule has 0 radical (unpaired) electrons. The molecule has 0 saturated heterocycles.